The highest BCUT2D eigenvalue weighted by atomic mass is 16.4. The van der Waals surface area contributed by atoms with E-state index in [1.165, 1.54) is 0 Å². The van der Waals surface area contributed by atoms with Crippen LogP contribution in [0.25, 0.3) is 0 Å². The van der Waals surface area contributed by atoms with Gasteiger partial charge in [-0.2, -0.15) is 0 Å². The first-order valence-electron chi connectivity index (χ1n) is 5.12. The quantitative estimate of drug-likeness (QED) is 0.568. The second-order valence-electron chi connectivity index (χ2n) is 3.61. The second kappa shape index (κ2) is 4.91. The topological polar surface area (TPSA) is 77.5 Å². The molecule has 5 heteroatoms. The van der Waals surface area contributed by atoms with Gasteiger partial charge in [0.15, 0.2) is 0 Å². The highest BCUT2D eigenvalue weighted by Crippen LogP contribution is 2.17. The lowest BCUT2D eigenvalue weighted by atomic mass is 10.0. The fraction of sp³-hybridized carbons (Fsp3) is 0.700. The lowest BCUT2D eigenvalue weighted by molar-refractivity contribution is -0.312. The molecule has 0 aliphatic carbocycles. The van der Waals surface area contributed by atoms with Crippen molar-refractivity contribution in [1.82, 2.24) is 4.90 Å². The standard InChI is InChI=1S/C10H15NO4/c1-2-8(12)9(13)11-6-4-3-5-7(11)10(14)15/h7H,2-6H2,1H3,(H,14,15)/p-1. The largest absolute Gasteiger partial charge is 0.548 e. The Morgan fingerprint density at radius 1 is 1.33 bits per heavy atom. The van der Waals surface area contributed by atoms with Crippen molar-refractivity contribution < 1.29 is 19.5 Å². The van der Waals surface area contributed by atoms with Crippen molar-refractivity contribution in [3.63, 3.8) is 0 Å². The van der Waals surface area contributed by atoms with Crippen molar-refractivity contribution >= 4 is 17.7 Å². The molecule has 0 aromatic rings. The van der Waals surface area contributed by atoms with E-state index < -0.39 is 23.7 Å². The molecule has 84 valence electrons. The van der Waals surface area contributed by atoms with E-state index in [-0.39, 0.29) is 6.42 Å². The van der Waals surface area contributed by atoms with Crippen LogP contribution < -0.4 is 5.11 Å². The van der Waals surface area contributed by atoms with E-state index in [2.05, 4.69) is 0 Å². The summed E-state index contributed by atoms with van der Waals surface area (Å²) in [6, 6.07) is -0.929. The molecule has 1 aliphatic rings. The SMILES string of the molecule is CCC(=O)C(=O)N1CCCCC1C(=O)[O-]. The molecular formula is C10H14NO4-. The van der Waals surface area contributed by atoms with E-state index in [4.69, 9.17) is 0 Å². The normalized spacial score (nSPS) is 21.1. The molecule has 5 nitrogen and oxygen atoms in total. The van der Waals surface area contributed by atoms with E-state index in [9.17, 15) is 19.5 Å². The molecule has 0 N–H and O–H groups in total. The average molecular weight is 212 g/mol. The van der Waals surface area contributed by atoms with Gasteiger partial charge in [0.2, 0.25) is 5.78 Å². The molecule has 0 aromatic heterocycles. The van der Waals surface area contributed by atoms with Crippen LogP contribution in [0, 0.1) is 0 Å². The zero-order chi connectivity index (χ0) is 11.4. The third kappa shape index (κ3) is 2.55. The van der Waals surface area contributed by atoms with E-state index in [1.54, 1.807) is 6.92 Å². The second-order valence-corrected chi connectivity index (χ2v) is 3.61. The van der Waals surface area contributed by atoms with Gasteiger partial charge in [-0.15, -0.1) is 0 Å². The van der Waals surface area contributed by atoms with Gasteiger partial charge in [-0.1, -0.05) is 6.92 Å². The average Bonchev–Trinajstić information content (AvgIpc) is 2.27. The summed E-state index contributed by atoms with van der Waals surface area (Å²) in [6.45, 7) is 1.92. The molecule has 1 aliphatic heterocycles. The van der Waals surface area contributed by atoms with Crippen molar-refractivity contribution in [2.24, 2.45) is 0 Å². The number of hydrogen-bond donors (Lipinski definition) is 0. The fourth-order valence-corrected chi connectivity index (χ4v) is 1.73. The number of carbonyl (C=O) groups excluding carboxylic acids is 3. The van der Waals surface area contributed by atoms with Crippen LogP contribution in [0.5, 0.6) is 0 Å². The van der Waals surface area contributed by atoms with Gasteiger partial charge in [0.1, 0.15) is 0 Å². The number of likely N-dealkylation sites (tertiary alicyclic amines) is 1. The number of carboxylic acid groups (broad SMARTS) is 1. The molecule has 0 bridgehead atoms. The van der Waals surface area contributed by atoms with Gasteiger partial charge in [-0.3, -0.25) is 9.59 Å². The third-order valence-electron chi connectivity index (χ3n) is 2.60. The molecule has 1 rings (SSSR count). The van der Waals surface area contributed by atoms with Gasteiger partial charge in [0.05, 0.1) is 12.0 Å². The van der Waals surface area contributed by atoms with Crippen molar-refractivity contribution in [2.75, 3.05) is 6.54 Å². The molecule has 0 saturated carbocycles. The Morgan fingerprint density at radius 3 is 2.53 bits per heavy atom. The summed E-state index contributed by atoms with van der Waals surface area (Å²) in [5.74, 6) is -2.50. The number of rotatable bonds is 3. The first-order valence-corrected chi connectivity index (χ1v) is 5.12. The molecular weight excluding hydrogens is 198 g/mol. The van der Waals surface area contributed by atoms with Gasteiger partial charge in [-0.05, 0) is 19.3 Å². The number of carboxylic acids is 1. The first kappa shape index (κ1) is 11.7. The predicted octanol–water partition coefficient (Wildman–Crippen LogP) is -0.903. The summed E-state index contributed by atoms with van der Waals surface area (Å²) in [7, 11) is 0. The Bertz CT molecular complexity index is 287. The molecule has 1 heterocycles. The van der Waals surface area contributed by atoms with Gasteiger partial charge >= 0.3 is 0 Å². The van der Waals surface area contributed by atoms with Crippen LogP contribution in [0.3, 0.4) is 0 Å². The first-order chi connectivity index (χ1) is 7.07. The molecule has 0 radical (unpaired) electrons. The summed E-state index contributed by atoms with van der Waals surface area (Å²) in [5, 5.41) is 10.8. The van der Waals surface area contributed by atoms with Crippen LogP contribution in [0.15, 0.2) is 0 Å². The Hall–Kier alpha value is -1.39. The lowest BCUT2D eigenvalue weighted by Gasteiger charge is -2.35. The minimum absolute atomic E-state index is 0.106. The van der Waals surface area contributed by atoms with Crippen LogP contribution in [-0.4, -0.2) is 35.1 Å². The Kier molecular flexibility index (Phi) is 3.82. The summed E-state index contributed by atoms with van der Waals surface area (Å²) in [4.78, 5) is 34.6. The summed E-state index contributed by atoms with van der Waals surface area (Å²) >= 11 is 0. The van der Waals surface area contributed by atoms with Gasteiger partial charge in [0, 0.05) is 13.0 Å². The molecule has 1 fully saturated rings. The number of piperidine rings is 1. The Morgan fingerprint density at radius 2 is 2.00 bits per heavy atom. The zero-order valence-corrected chi connectivity index (χ0v) is 8.69. The van der Waals surface area contributed by atoms with Crippen molar-refractivity contribution in [3.8, 4) is 0 Å². The van der Waals surface area contributed by atoms with Crippen LogP contribution in [0.2, 0.25) is 0 Å². The van der Waals surface area contributed by atoms with Gasteiger partial charge in [-0.25, -0.2) is 0 Å². The smallest absolute Gasteiger partial charge is 0.290 e. The number of nitrogens with zero attached hydrogens (tertiary/aromatic N) is 1. The monoisotopic (exact) mass is 212 g/mol. The molecule has 15 heavy (non-hydrogen) atoms. The molecule has 1 amide bonds. The maximum absolute atomic E-state index is 11.5. The number of Topliss-reactive ketones (excluding diaryl/α,β-unsaturated/α-hetero) is 1. The number of carbonyl (C=O) groups is 3. The third-order valence-corrected chi connectivity index (χ3v) is 2.60. The minimum Gasteiger partial charge on any atom is -0.548 e. The minimum atomic E-state index is -1.27. The van der Waals surface area contributed by atoms with Crippen molar-refractivity contribution in [1.29, 1.82) is 0 Å². The molecule has 0 spiro atoms. The number of amides is 1. The molecule has 1 saturated heterocycles. The fourth-order valence-electron chi connectivity index (χ4n) is 1.73. The predicted molar refractivity (Wildman–Crippen MR) is 49.7 cm³/mol. The lowest BCUT2D eigenvalue weighted by Crippen LogP contribution is -2.54. The van der Waals surface area contributed by atoms with Crippen LogP contribution in [-0.2, 0) is 14.4 Å². The highest BCUT2D eigenvalue weighted by molar-refractivity contribution is 6.36. The number of aliphatic carboxylic acids is 1. The van der Waals surface area contributed by atoms with Crippen molar-refractivity contribution in [2.45, 2.75) is 38.6 Å². The van der Waals surface area contributed by atoms with Gasteiger partial charge < -0.3 is 14.8 Å². The Labute approximate surface area is 88.1 Å². The van der Waals surface area contributed by atoms with Crippen molar-refractivity contribution in [3.05, 3.63) is 0 Å². The van der Waals surface area contributed by atoms with Gasteiger partial charge in [0.25, 0.3) is 5.91 Å². The van der Waals surface area contributed by atoms with E-state index in [0.29, 0.717) is 13.0 Å². The molecule has 0 aromatic carbocycles. The maximum Gasteiger partial charge on any atom is 0.290 e. The van der Waals surface area contributed by atoms with E-state index in [1.807, 2.05) is 0 Å². The summed E-state index contributed by atoms with van der Waals surface area (Å²) in [5.41, 5.74) is 0. The van der Waals surface area contributed by atoms with Crippen LogP contribution >= 0.6 is 0 Å². The molecule has 1 atom stereocenters. The number of ketones is 1. The van der Waals surface area contributed by atoms with Crippen LogP contribution in [0.1, 0.15) is 32.6 Å². The van der Waals surface area contributed by atoms with Crippen LogP contribution in [0.4, 0.5) is 0 Å². The summed E-state index contributed by atoms with van der Waals surface area (Å²) < 4.78 is 0. The van der Waals surface area contributed by atoms with E-state index >= 15 is 0 Å². The Balaban J connectivity index is 2.76. The number of hydrogen-bond acceptors (Lipinski definition) is 4. The maximum atomic E-state index is 11.5. The molecule has 1 unspecified atom stereocenters. The zero-order valence-electron chi connectivity index (χ0n) is 8.69. The summed E-state index contributed by atoms with van der Waals surface area (Å²) in [6.07, 6.45) is 1.98. The van der Waals surface area contributed by atoms with E-state index in [0.717, 1.165) is 17.7 Å². The highest BCUT2D eigenvalue weighted by Gasteiger charge is 2.30.